The molecule has 9 heteroatoms. The normalized spacial score (nSPS) is 23.8. The largest absolute Gasteiger partial charge is 0.351 e. The maximum atomic E-state index is 13.7. The monoisotopic (exact) mass is 422 g/mol. The first kappa shape index (κ1) is 19.5. The summed E-state index contributed by atoms with van der Waals surface area (Å²) >= 11 is 0. The van der Waals surface area contributed by atoms with E-state index < -0.39 is 17.7 Å². The highest BCUT2D eigenvalue weighted by Crippen LogP contribution is 2.52. The number of nitrogens with zero attached hydrogens (tertiary/aromatic N) is 6. The molecule has 0 radical (unpaired) electrons. The molecule has 1 aromatic carbocycles. The summed E-state index contributed by atoms with van der Waals surface area (Å²) in [6.07, 6.45) is 6.61. The van der Waals surface area contributed by atoms with E-state index in [1.807, 2.05) is 6.07 Å². The minimum absolute atomic E-state index is 0.116. The highest BCUT2D eigenvalue weighted by molar-refractivity contribution is 5.82. The maximum Gasteiger partial charge on any atom is 0.246 e. The maximum absolute atomic E-state index is 13.7. The number of carbonyl (C=O) groups is 1. The molecule has 2 unspecified atom stereocenters. The first-order chi connectivity index (χ1) is 15.0. The van der Waals surface area contributed by atoms with Crippen LogP contribution in [-0.4, -0.2) is 39.2 Å². The van der Waals surface area contributed by atoms with Crippen LogP contribution in [0, 0.1) is 28.9 Å². The molecule has 1 saturated heterocycles. The lowest BCUT2D eigenvalue weighted by molar-refractivity contribution is -0.138. The van der Waals surface area contributed by atoms with Gasteiger partial charge in [0.1, 0.15) is 35.5 Å². The molecular weight excluding hydrogens is 402 g/mol. The zero-order valence-corrected chi connectivity index (χ0v) is 16.7. The number of hydrazone groups is 1. The third-order valence-corrected chi connectivity index (χ3v) is 6.45. The number of halogens is 2. The molecule has 2 fully saturated rings. The summed E-state index contributed by atoms with van der Waals surface area (Å²) in [5.41, 5.74) is 0.575. The van der Waals surface area contributed by atoms with Gasteiger partial charge in [-0.2, -0.15) is 10.4 Å². The second-order valence-corrected chi connectivity index (χ2v) is 8.37. The Balaban J connectivity index is 1.34. The standard InChI is InChI=1S/C22H20F2N6O/c23-16-7-15(8-17(24)9-16)19-1-5-28-30(19)21(31)14-2-6-29(22(11-14)3-4-22)20-10-18(12-25)26-13-27-20/h5,7-10,13-14,19H,1-4,6,11H2. The minimum atomic E-state index is -0.666. The predicted octanol–water partition coefficient (Wildman–Crippen LogP) is 3.33. The molecule has 2 atom stereocenters. The van der Waals surface area contributed by atoms with E-state index in [0.717, 1.165) is 18.9 Å². The van der Waals surface area contributed by atoms with E-state index in [0.29, 0.717) is 42.9 Å². The second kappa shape index (κ2) is 7.38. The number of piperidine rings is 1. The van der Waals surface area contributed by atoms with Crippen molar-refractivity contribution in [2.75, 3.05) is 11.4 Å². The molecule has 1 aliphatic carbocycles. The number of rotatable bonds is 3. The molecule has 0 N–H and O–H groups in total. The average molecular weight is 422 g/mol. The number of amides is 1. The van der Waals surface area contributed by atoms with Gasteiger partial charge in [0.2, 0.25) is 5.91 Å². The molecular formula is C22H20F2N6O. The van der Waals surface area contributed by atoms with Gasteiger partial charge >= 0.3 is 0 Å². The van der Waals surface area contributed by atoms with Crippen LogP contribution in [0.4, 0.5) is 14.6 Å². The molecule has 158 valence electrons. The second-order valence-electron chi connectivity index (χ2n) is 8.37. The van der Waals surface area contributed by atoms with Gasteiger partial charge in [0.25, 0.3) is 0 Å². The Bertz CT molecular complexity index is 1090. The van der Waals surface area contributed by atoms with Crippen molar-refractivity contribution < 1.29 is 13.6 Å². The van der Waals surface area contributed by atoms with Crippen LogP contribution < -0.4 is 4.90 Å². The summed E-state index contributed by atoms with van der Waals surface area (Å²) < 4.78 is 27.4. The molecule has 1 amide bonds. The molecule has 1 saturated carbocycles. The lowest BCUT2D eigenvalue weighted by Crippen LogP contribution is -2.48. The summed E-state index contributed by atoms with van der Waals surface area (Å²) in [7, 11) is 0. The van der Waals surface area contributed by atoms with Crippen molar-refractivity contribution in [1.82, 2.24) is 15.0 Å². The quantitative estimate of drug-likeness (QED) is 0.757. The number of nitriles is 1. The Kier molecular flexibility index (Phi) is 4.65. The summed E-state index contributed by atoms with van der Waals surface area (Å²) in [5.74, 6) is -0.966. The predicted molar refractivity (Wildman–Crippen MR) is 108 cm³/mol. The van der Waals surface area contributed by atoms with Gasteiger partial charge in [-0.25, -0.2) is 23.8 Å². The first-order valence-corrected chi connectivity index (χ1v) is 10.3. The summed E-state index contributed by atoms with van der Waals surface area (Å²) in [4.78, 5) is 23.8. The molecule has 1 spiro atoms. The summed E-state index contributed by atoms with van der Waals surface area (Å²) in [6.45, 7) is 0.634. The van der Waals surface area contributed by atoms with E-state index in [1.54, 1.807) is 12.3 Å². The SMILES string of the molecule is N#Cc1cc(N2CCC(C(=O)N3N=CCC3c3cc(F)cc(F)c3)CC23CC3)ncn1. The van der Waals surface area contributed by atoms with Gasteiger partial charge < -0.3 is 4.90 Å². The highest BCUT2D eigenvalue weighted by atomic mass is 19.1. The molecule has 2 aromatic rings. The molecule has 2 aliphatic heterocycles. The van der Waals surface area contributed by atoms with Crippen LogP contribution in [0.25, 0.3) is 0 Å². The van der Waals surface area contributed by atoms with Crippen molar-refractivity contribution in [1.29, 1.82) is 5.26 Å². The fourth-order valence-electron chi connectivity index (χ4n) is 4.79. The fraction of sp³-hybridized carbons (Fsp3) is 0.409. The Morgan fingerprint density at radius 2 is 1.94 bits per heavy atom. The number of anilines is 1. The van der Waals surface area contributed by atoms with Gasteiger partial charge in [0.05, 0.1) is 6.04 Å². The molecule has 3 aliphatic rings. The fourth-order valence-corrected chi connectivity index (χ4v) is 4.79. The Labute approximate surface area is 178 Å². The van der Waals surface area contributed by atoms with Crippen LogP contribution in [0.1, 0.15) is 49.4 Å². The minimum Gasteiger partial charge on any atom is -0.351 e. The van der Waals surface area contributed by atoms with Crippen molar-refractivity contribution in [3.05, 3.63) is 53.5 Å². The van der Waals surface area contributed by atoms with Crippen LogP contribution in [0.5, 0.6) is 0 Å². The number of hydrogen-bond donors (Lipinski definition) is 0. The van der Waals surface area contributed by atoms with E-state index in [4.69, 9.17) is 5.26 Å². The van der Waals surface area contributed by atoms with Crippen molar-refractivity contribution in [2.45, 2.75) is 43.7 Å². The van der Waals surface area contributed by atoms with Crippen LogP contribution >= 0.6 is 0 Å². The topological polar surface area (TPSA) is 85.5 Å². The van der Waals surface area contributed by atoms with Crippen molar-refractivity contribution >= 4 is 17.9 Å². The van der Waals surface area contributed by atoms with E-state index >= 15 is 0 Å². The molecule has 1 aromatic heterocycles. The van der Waals surface area contributed by atoms with E-state index in [1.165, 1.54) is 23.5 Å². The molecule has 7 nitrogen and oxygen atoms in total. The number of hydrogen-bond acceptors (Lipinski definition) is 6. The van der Waals surface area contributed by atoms with Gasteiger partial charge in [0, 0.05) is 42.8 Å². The molecule has 5 rings (SSSR count). The Morgan fingerprint density at radius 3 is 2.65 bits per heavy atom. The summed E-state index contributed by atoms with van der Waals surface area (Å²) in [5, 5.41) is 14.8. The Hall–Kier alpha value is -3.41. The van der Waals surface area contributed by atoms with Crippen molar-refractivity contribution in [3.63, 3.8) is 0 Å². The Morgan fingerprint density at radius 1 is 1.16 bits per heavy atom. The number of aromatic nitrogens is 2. The smallest absolute Gasteiger partial charge is 0.246 e. The van der Waals surface area contributed by atoms with Crippen LogP contribution in [0.15, 0.2) is 35.7 Å². The zero-order valence-electron chi connectivity index (χ0n) is 16.7. The van der Waals surface area contributed by atoms with Gasteiger partial charge in [-0.15, -0.1) is 0 Å². The molecule has 0 bridgehead atoms. The van der Waals surface area contributed by atoms with Gasteiger partial charge in [-0.3, -0.25) is 4.79 Å². The highest BCUT2D eigenvalue weighted by Gasteiger charge is 2.54. The number of benzene rings is 1. The average Bonchev–Trinajstić information content (AvgIpc) is 3.34. The lowest BCUT2D eigenvalue weighted by atomic mass is 9.87. The van der Waals surface area contributed by atoms with Gasteiger partial charge in [-0.05, 0) is 43.4 Å². The van der Waals surface area contributed by atoms with Crippen LogP contribution in [0.2, 0.25) is 0 Å². The van der Waals surface area contributed by atoms with E-state index in [2.05, 4.69) is 20.0 Å². The van der Waals surface area contributed by atoms with E-state index in [-0.39, 0.29) is 17.4 Å². The van der Waals surface area contributed by atoms with Crippen molar-refractivity contribution in [3.8, 4) is 6.07 Å². The third kappa shape index (κ3) is 3.52. The van der Waals surface area contributed by atoms with Gasteiger partial charge in [0.15, 0.2) is 0 Å². The van der Waals surface area contributed by atoms with Crippen molar-refractivity contribution in [2.24, 2.45) is 11.0 Å². The third-order valence-electron chi connectivity index (χ3n) is 6.45. The number of carbonyl (C=O) groups excluding carboxylic acids is 1. The van der Waals surface area contributed by atoms with E-state index in [9.17, 15) is 13.6 Å². The van der Waals surface area contributed by atoms with Gasteiger partial charge in [-0.1, -0.05) is 0 Å². The van der Waals surface area contributed by atoms with Crippen LogP contribution in [-0.2, 0) is 4.79 Å². The lowest BCUT2D eigenvalue weighted by Gasteiger charge is -2.41. The summed E-state index contributed by atoms with van der Waals surface area (Å²) in [6, 6.07) is 6.57. The van der Waals surface area contributed by atoms with Crippen LogP contribution in [0.3, 0.4) is 0 Å². The molecule has 31 heavy (non-hydrogen) atoms. The zero-order chi connectivity index (χ0) is 21.6. The molecule has 3 heterocycles. The first-order valence-electron chi connectivity index (χ1n) is 10.3.